The third kappa shape index (κ3) is 5.17. The summed E-state index contributed by atoms with van der Waals surface area (Å²) in [4.78, 5) is 15.4. The van der Waals surface area contributed by atoms with Crippen molar-refractivity contribution in [1.82, 2.24) is 19.7 Å². The fraction of sp³-hybridized carbons (Fsp3) is 0.286. The predicted octanol–water partition coefficient (Wildman–Crippen LogP) is 4.52. The molecule has 7 heteroatoms. The second-order valence-electron chi connectivity index (χ2n) is 6.03. The molecule has 0 aliphatic carbocycles. The molecule has 28 heavy (non-hydrogen) atoms. The van der Waals surface area contributed by atoms with Crippen molar-refractivity contribution >= 4 is 29.4 Å². The first-order valence-electron chi connectivity index (χ1n) is 9.31. The molecule has 1 aromatic heterocycles. The lowest BCUT2D eigenvalue weighted by Crippen LogP contribution is -2.31. The summed E-state index contributed by atoms with van der Waals surface area (Å²) in [7, 11) is 0. The number of thioether (sulfide) groups is 2. The van der Waals surface area contributed by atoms with Gasteiger partial charge in [0.05, 0.1) is 11.5 Å². The summed E-state index contributed by atoms with van der Waals surface area (Å²) in [6, 6.07) is 20.3. The molecule has 0 N–H and O–H groups in total. The van der Waals surface area contributed by atoms with Crippen LogP contribution in [0.25, 0.3) is 5.69 Å². The zero-order chi connectivity index (χ0) is 19.8. The van der Waals surface area contributed by atoms with E-state index in [1.165, 1.54) is 16.7 Å². The lowest BCUT2D eigenvalue weighted by Gasteiger charge is -2.18. The number of hydrogen-bond acceptors (Lipinski definition) is 5. The number of amides is 1. The standard InChI is InChI=1S/C21H24N4OS2/c1-3-24(4-2)20(26)16-28-21-23-22-19(15-27-18-13-9-6-10-14-18)25(21)17-11-7-5-8-12-17/h5-14H,3-4,15-16H2,1-2H3. The molecule has 3 rings (SSSR count). The number of benzene rings is 2. The van der Waals surface area contributed by atoms with Gasteiger partial charge in [-0.3, -0.25) is 9.36 Å². The quantitative estimate of drug-likeness (QED) is 0.484. The van der Waals surface area contributed by atoms with Crippen LogP contribution < -0.4 is 0 Å². The Morgan fingerprint density at radius 2 is 1.57 bits per heavy atom. The molecule has 0 unspecified atom stereocenters. The van der Waals surface area contributed by atoms with Crippen LogP contribution >= 0.6 is 23.5 Å². The van der Waals surface area contributed by atoms with Gasteiger partial charge in [0, 0.05) is 23.7 Å². The minimum absolute atomic E-state index is 0.123. The maximum atomic E-state index is 12.4. The number of hydrogen-bond donors (Lipinski definition) is 0. The molecule has 0 fully saturated rings. The second-order valence-corrected chi connectivity index (χ2v) is 8.02. The molecule has 146 valence electrons. The molecule has 0 saturated heterocycles. The van der Waals surface area contributed by atoms with E-state index in [2.05, 4.69) is 26.9 Å². The number of rotatable bonds is 9. The minimum Gasteiger partial charge on any atom is -0.343 e. The van der Waals surface area contributed by atoms with Gasteiger partial charge in [-0.25, -0.2) is 0 Å². The van der Waals surface area contributed by atoms with E-state index in [4.69, 9.17) is 0 Å². The first-order chi connectivity index (χ1) is 13.7. The normalized spacial score (nSPS) is 10.8. The smallest absolute Gasteiger partial charge is 0.233 e. The third-order valence-corrected chi connectivity index (χ3v) is 6.19. The molecule has 0 aliphatic rings. The van der Waals surface area contributed by atoms with Crippen LogP contribution in [0.2, 0.25) is 0 Å². The van der Waals surface area contributed by atoms with E-state index in [9.17, 15) is 4.79 Å². The number of carbonyl (C=O) groups is 1. The van der Waals surface area contributed by atoms with Crippen molar-refractivity contribution < 1.29 is 4.79 Å². The highest BCUT2D eigenvalue weighted by Crippen LogP contribution is 2.27. The highest BCUT2D eigenvalue weighted by Gasteiger charge is 2.17. The molecule has 5 nitrogen and oxygen atoms in total. The molecule has 1 heterocycles. The van der Waals surface area contributed by atoms with E-state index >= 15 is 0 Å². The molecule has 0 aliphatic heterocycles. The lowest BCUT2D eigenvalue weighted by atomic mass is 10.3. The van der Waals surface area contributed by atoms with E-state index in [0.717, 1.165) is 29.8 Å². The van der Waals surface area contributed by atoms with Crippen LogP contribution in [0.4, 0.5) is 0 Å². The SMILES string of the molecule is CCN(CC)C(=O)CSc1nnc(CSc2ccccc2)n1-c1ccccc1. The van der Waals surface area contributed by atoms with Gasteiger partial charge in [-0.15, -0.1) is 22.0 Å². The van der Waals surface area contributed by atoms with Crippen LogP contribution in [-0.2, 0) is 10.5 Å². The van der Waals surface area contributed by atoms with Crippen molar-refractivity contribution in [3.05, 3.63) is 66.5 Å². The van der Waals surface area contributed by atoms with E-state index in [1.54, 1.807) is 11.8 Å². The third-order valence-electron chi connectivity index (χ3n) is 4.27. The lowest BCUT2D eigenvalue weighted by molar-refractivity contribution is -0.127. The summed E-state index contributed by atoms with van der Waals surface area (Å²) in [5, 5.41) is 9.54. The van der Waals surface area contributed by atoms with Gasteiger partial charge in [0.25, 0.3) is 0 Å². The summed E-state index contributed by atoms with van der Waals surface area (Å²) >= 11 is 3.16. The summed E-state index contributed by atoms with van der Waals surface area (Å²) in [5.74, 6) is 2.06. The molecule has 0 radical (unpaired) electrons. The maximum Gasteiger partial charge on any atom is 0.233 e. The van der Waals surface area contributed by atoms with E-state index in [1.807, 2.05) is 67.3 Å². The Balaban J connectivity index is 1.80. The summed E-state index contributed by atoms with van der Waals surface area (Å²) in [6.07, 6.45) is 0. The zero-order valence-corrected chi connectivity index (χ0v) is 17.7. The van der Waals surface area contributed by atoms with E-state index in [0.29, 0.717) is 11.5 Å². The van der Waals surface area contributed by atoms with Gasteiger partial charge < -0.3 is 4.90 Å². The summed E-state index contributed by atoms with van der Waals surface area (Å²) < 4.78 is 2.05. The maximum absolute atomic E-state index is 12.4. The average Bonchev–Trinajstić information content (AvgIpc) is 3.16. The van der Waals surface area contributed by atoms with Crippen molar-refractivity contribution in [2.75, 3.05) is 18.8 Å². The Bertz CT molecular complexity index is 880. The molecule has 0 spiro atoms. The molecule has 1 amide bonds. The van der Waals surface area contributed by atoms with Crippen LogP contribution in [0.1, 0.15) is 19.7 Å². The summed E-state index contributed by atoms with van der Waals surface area (Å²) in [6.45, 7) is 5.44. The number of carbonyl (C=O) groups excluding carboxylic acids is 1. The minimum atomic E-state index is 0.123. The predicted molar refractivity (Wildman–Crippen MR) is 116 cm³/mol. The van der Waals surface area contributed by atoms with Crippen LogP contribution in [-0.4, -0.2) is 44.4 Å². The van der Waals surface area contributed by atoms with Gasteiger partial charge in [-0.1, -0.05) is 48.2 Å². The van der Waals surface area contributed by atoms with Crippen molar-refractivity contribution in [3.63, 3.8) is 0 Å². The Kier molecular flexibility index (Phi) is 7.56. The van der Waals surface area contributed by atoms with Crippen LogP contribution in [0, 0.1) is 0 Å². The number of aromatic nitrogens is 3. The van der Waals surface area contributed by atoms with Crippen molar-refractivity contribution in [1.29, 1.82) is 0 Å². The van der Waals surface area contributed by atoms with Gasteiger partial charge in [-0.05, 0) is 38.1 Å². The first-order valence-corrected chi connectivity index (χ1v) is 11.3. The van der Waals surface area contributed by atoms with Crippen molar-refractivity contribution in [2.45, 2.75) is 29.7 Å². The summed E-state index contributed by atoms with van der Waals surface area (Å²) in [5.41, 5.74) is 1.01. The average molecular weight is 413 g/mol. The van der Waals surface area contributed by atoms with Gasteiger partial charge in [-0.2, -0.15) is 0 Å². The second kappa shape index (κ2) is 10.3. The first kappa shape index (κ1) is 20.5. The van der Waals surface area contributed by atoms with E-state index < -0.39 is 0 Å². The van der Waals surface area contributed by atoms with Gasteiger partial charge >= 0.3 is 0 Å². The Hall–Kier alpha value is -2.25. The monoisotopic (exact) mass is 412 g/mol. The molecular formula is C21H24N4OS2. The van der Waals surface area contributed by atoms with Gasteiger partial charge in [0.2, 0.25) is 5.91 Å². The molecule has 0 saturated carbocycles. The molecular weight excluding hydrogens is 388 g/mol. The Morgan fingerprint density at radius 3 is 2.21 bits per heavy atom. The van der Waals surface area contributed by atoms with Crippen LogP contribution in [0.3, 0.4) is 0 Å². The zero-order valence-electron chi connectivity index (χ0n) is 16.1. The largest absolute Gasteiger partial charge is 0.343 e. The topological polar surface area (TPSA) is 51.0 Å². The fourth-order valence-corrected chi connectivity index (χ4v) is 4.49. The number of nitrogens with zero attached hydrogens (tertiary/aromatic N) is 4. The van der Waals surface area contributed by atoms with E-state index in [-0.39, 0.29) is 5.91 Å². The fourth-order valence-electron chi connectivity index (χ4n) is 2.78. The van der Waals surface area contributed by atoms with Crippen molar-refractivity contribution in [2.24, 2.45) is 0 Å². The van der Waals surface area contributed by atoms with Crippen molar-refractivity contribution in [3.8, 4) is 5.69 Å². The Labute approximate surface area is 174 Å². The highest BCUT2D eigenvalue weighted by atomic mass is 32.2. The van der Waals surface area contributed by atoms with Crippen LogP contribution in [0.15, 0.2) is 70.7 Å². The van der Waals surface area contributed by atoms with Crippen LogP contribution in [0.5, 0.6) is 0 Å². The molecule has 3 aromatic rings. The number of para-hydroxylation sites is 1. The highest BCUT2D eigenvalue weighted by molar-refractivity contribution is 7.99. The molecule has 0 atom stereocenters. The molecule has 2 aromatic carbocycles. The van der Waals surface area contributed by atoms with Gasteiger partial charge in [0.15, 0.2) is 5.16 Å². The van der Waals surface area contributed by atoms with Gasteiger partial charge in [0.1, 0.15) is 5.82 Å². The Morgan fingerprint density at radius 1 is 0.929 bits per heavy atom. The molecule has 0 bridgehead atoms.